The van der Waals surface area contributed by atoms with Crippen LogP contribution in [0.4, 0.5) is 13.2 Å². The number of nitrogens with two attached hydrogens (primary N) is 1. The van der Waals surface area contributed by atoms with E-state index in [1.165, 1.54) is 6.92 Å². The highest BCUT2D eigenvalue weighted by Gasteiger charge is 2.32. The molecule has 0 fully saturated rings. The van der Waals surface area contributed by atoms with Crippen molar-refractivity contribution in [2.24, 2.45) is 5.73 Å². The molecule has 3 N–H and O–H groups in total. The average Bonchev–Trinajstić information content (AvgIpc) is 2.08. The molecule has 0 spiro atoms. The first kappa shape index (κ1) is 11.6. The lowest BCUT2D eigenvalue weighted by Crippen LogP contribution is -2.22. The molecule has 15 heavy (non-hydrogen) atoms. The van der Waals surface area contributed by atoms with E-state index in [1.807, 2.05) is 4.98 Å². The van der Waals surface area contributed by atoms with Crippen LogP contribution in [0.3, 0.4) is 0 Å². The first-order valence-electron chi connectivity index (χ1n) is 4.02. The molecule has 1 rings (SSSR count). The van der Waals surface area contributed by atoms with Crippen molar-refractivity contribution in [2.75, 3.05) is 0 Å². The predicted molar refractivity (Wildman–Crippen MR) is 46.4 cm³/mol. The van der Waals surface area contributed by atoms with E-state index in [0.29, 0.717) is 5.56 Å². The second-order valence-corrected chi connectivity index (χ2v) is 2.86. The molecule has 1 heterocycles. The Kier molecular flexibility index (Phi) is 3.04. The summed E-state index contributed by atoms with van der Waals surface area (Å²) in [6.07, 6.45) is -4.83. The summed E-state index contributed by atoms with van der Waals surface area (Å²) < 4.78 is 39.4. The van der Waals surface area contributed by atoms with E-state index in [9.17, 15) is 18.0 Å². The fraction of sp³-hybridized carbons (Fsp3) is 0.375. The highest BCUT2D eigenvalue weighted by Crippen LogP contribution is 2.24. The maximum atomic E-state index is 11.9. The Morgan fingerprint density at radius 2 is 2.13 bits per heavy atom. The van der Waals surface area contributed by atoms with Crippen LogP contribution in [-0.4, -0.2) is 11.3 Å². The SMILES string of the molecule is Cc1c(CN)cc(=O)[nH]c1OC(F)(F)F. The summed E-state index contributed by atoms with van der Waals surface area (Å²) in [5.74, 6) is -0.615. The Morgan fingerprint density at radius 3 is 2.60 bits per heavy atom. The van der Waals surface area contributed by atoms with Gasteiger partial charge in [0.05, 0.1) is 0 Å². The highest BCUT2D eigenvalue weighted by molar-refractivity contribution is 5.32. The Labute approximate surface area is 82.9 Å². The summed E-state index contributed by atoms with van der Waals surface area (Å²) in [4.78, 5) is 12.9. The normalized spacial score (nSPS) is 11.5. The number of aromatic amines is 1. The van der Waals surface area contributed by atoms with E-state index in [2.05, 4.69) is 4.74 Å². The molecular formula is C8H9F3N2O2. The van der Waals surface area contributed by atoms with Gasteiger partial charge in [-0.25, -0.2) is 0 Å². The van der Waals surface area contributed by atoms with Crippen LogP contribution in [0.5, 0.6) is 5.88 Å². The topological polar surface area (TPSA) is 68.1 Å². The number of nitrogens with one attached hydrogen (secondary N) is 1. The van der Waals surface area contributed by atoms with Crippen molar-refractivity contribution >= 4 is 0 Å². The van der Waals surface area contributed by atoms with Crippen molar-refractivity contribution in [1.82, 2.24) is 4.98 Å². The van der Waals surface area contributed by atoms with E-state index in [0.717, 1.165) is 6.07 Å². The molecule has 0 atom stereocenters. The quantitative estimate of drug-likeness (QED) is 0.785. The third-order valence-electron chi connectivity index (χ3n) is 1.80. The number of halogens is 3. The Hall–Kier alpha value is -1.50. The fourth-order valence-corrected chi connectivity index (χ4v) is 1.08. The number of pyridine rings is 1. The standard InChI is InChI=1S/C8H9F3N2O2/c1-4-5(3-12)2-6(14)13-7(4)15-8(9,10)11/h2H,3,12H2,1H3,(H,13,14). The van der Waals surface area contributed by atoms with Gasteiger partial charge in [0, 0.05) is 18.2 Å². The molecule has 0 aliphatic carbocycles. The van der Waals surface area contributed by atoms with E-state index in [1.54, 1.807) is 0 Å². The van der Waals surface area contributed by atoms with Crippen LogP contribution < -0.4 is 16.0 Å². The van der Waals surface area contributed by atoms with Crippen LogP contribution in [0.2, 0.25) is 0 Å². The van der Waals surface area contributed by atoms with Gasteiger partial charge in [-0.1, -0.05) is 0 Å². The first-order valence-corrected chi connectivity index (χ1v) is 4.02. The zero-order chi connectivity index (χ0) is 11.6. The minimum atomic E-state index is -4.83. The largest absolute Gasteiger partial charge is 0.574 e. The van der Waals surface area contributed by atoms with Crippen molar-refractivity contribution < 1.29 is 17.9 Å². The number of H-pyrrole nitrogens is 1. The van der Waals surface area contributed by atoms with Crippen molar-refractivity contribution in [1.29, 1.82) is 0 Å². The average molecular weight is 222 g/mol. The van der Waals surface area contributed by atoms with Gasteiger partial charge < -0.3 is 10.5 Å². The Bertz CT molecular complexity index is 411. The van der Waals surface area contributed by atoms with Gasteiger partial charge in [-0.3, -0.25) is 9.78 Å². The predicted octanol–water partition coefficient (Wildman–Crippen LogP) is 1.04. The van der Waals surface area contributed by atoms with Gasteiger partial charge in [-0.05, 0) is 12.5 Å². The van der Waals surface area contributed by atoms with E-state index in [-0.39, 0.29) is 12.1 Å². The van der Waals surface area contributed by atoms with Crippen LogP contribution in [0, 0.1) is 6.92 Å². The van der Waals surface area contributed by atoms with E-state index in [4.69, 9.17) is 5.73 Å². The molecular weight excluding hydrogens is 213 g/mol. The summed E-state index contributed by atoms with van der Waals surface area (Å²) in [7, 11) is 0. The van der Waals surface area contributed by atoms with Crippen molar-refractivity contribution in [3.8, 4) is 5.88 Å². The van der Waals surface area contributed by atoms with Crippen LogP contribution >= 0.6 is 0 Å². The second kappa shape index (κ2) is 3.93. The molecule has 0 aliphatic heterocycles. The summed E-state index contributed by atoms with van der Waals surface area (Å²) in [5, 5.41) is 0. The molecule has 0 unspecified atom stereocenters. The summed E-state index contributed by atoms with van der Waals surface area (Å²) in [5.41, 5.74) is 5.08. The molecule has 0 aliphatic rings. The summed E-state index contributed by atoms with van der Waals surface area (Å²) in [6.45, 7) is 1.36. The van der Waals surface area contributed by atoms with E-state index < -0.39 is 17.8 Å². The second-order valence-electron chi connectivity index (χ2n) is 2.86. The minimum Gasteiger partial charge on any atom is -0.390 e. The monoisotopic (exact) mass is 222 g/mol. The fourth-order valence-electron chi connectivity index (χ4n) is 1.08. The van der Waals surface area contributed by atoms with Gasteiger partial charge in [-0.2, -0.15) is 0 Å². The third-order valence-corrected chi connectivity index (χ3v) is 1.80. The van der Waals surface area contributed by atoms with Gasteiger partial charge >= 0.3 is 6.36 Å². The van der Waals surface area contributed by atoms with Crippen molar-refractivity contribution in [2.45, 2.75) is 19.8 Å². The molecule has 0 bridgehead atoms. The Balaban J connectivity index is 3.18. The maximum Gasteiger partial charge on any atom is 0.574 e. The maximum absolute atomic E-state index is 11.9. The lowest BCUT2D eigenvalue weighted by Gasteiger charge is -2.12. The van der Waals surface area contributed by atoms with Crippen molar-refractivity contribution in [3.05, 3.63) is 27.5 Å². The molecule has 0 aromatic carbocycles. The summed E-state index contributed by atoms with van der Waals surface area (Å²) in [6, 6.07) is 1.14. The van der Waals surface area contributed by atoms with Crippen LogP contribution in [-0.2, 0) is 6.54 Å². The van der Waals surface area contributed by atoms with Crippen LogP contribution in [0.1, 0.15) is 11.1 Å². The van der Waals surface area contributed by atoms with Crippen LogP contribution in [0.15, 0.2) is 10.9 Å². The molecule has 0 saturated heterocycles. The van der Waals surface area contributed by atoms with Gasteiger partial charge in [-0.15, -0.1) is 13.2 Å². The molecule has 0 saturated carbocycles. The zero-order valence-electron chi connectivity index (χ0n) is 7.81. The van der Waals surface area contributed by atoms with Crippen molar-refractivity contribution in [3.63, 3.8) is 0 Å². The van der Waals surface area contributed by atoms with Gasteiger partial charge in [0.1, 0.15) is 0 Å². The molecule has 0 amide bonds. The number of alkyl halides is 3. The first-order chi connectivity index (χ1) is 6.83. The van der Waals surface area contributed by atoms with Gasteiger partial charge in [0.15, 0.2) is 0 Å². The highest BCUT2D eigenvalue weighted by atomic mass is 19.4. The van der Waals surface area contributed by atoms with E-state index >= 15 is 0 Å². The molecule has 0 radical (unpaired) electrons. The number of rotatable bonds is 2. The number of ether oxygens (including phenoxy) is 1. The lowest BCUT2D eigenvalue weighted by molar-refractivity contribution is -0.276. The molecule has 84 valence electrons. The van der Waals surface area contributed by atoms with Gasteiger partial charge in [0.2, 0.25) is 5.88 Å². The number of hydrogen-bond acceptors (Lipinski definition) is 3. The number of hydrogen-bond donors (Lipinski definition) is 2. The Morgan fingerprint density at radius 1 is 1.53 bits per heavy atom. The molecule has 1 aromatic rings. The smallest absolute Gasteiger partial charge is 0.390 e. The summed E-state index contributed by atoms with van der Waals surface area (Å²) >= 11 is 0. The number of aromatic nitrogens is 1. The van der Waals surface area contributed by atoms with Crippen LogP contribution in [0.25, 0.3) is 0 Å². The lowest BCUT2D eigenvalue weighted by atomic mass is 10.1. The zero-order valence-corrected chi connectivity index (χ0v) is 7.81. The minimum absolute atomic E-state index is 0.0238. The molecule has 4 nitrogen and oxygen atoms in total. The molecule has 7 heteroatoms. The third kappa shape index (κ3) is 2.98. The molecule has 1 aromatic heterocycles. The van der Waals surface area contributed by atoms with Gasteiger partial charge in [0.25, 0.3) is 5.56 Å².